The summed E-state index contributed by atoms with van der Waals surface area (Å²) in [6.07, 6.45) is 0.00388. The summed E-state index contributed by atoms with van der Waals surface area (Å²) in [5.74, 6) is 0.783. The number of hydrogen-bond donors (Lipinski definition) is 1. The van der Waals surface area contributed by atoms with E-state index in [1.54, 1.807) is 7.11 Å². The second-order valence-electron chi connectivity index (χ2n) is 5.57. The zero-order valence-electron chi connectivity index (χ0n) is 12.4. The van der Waals surface area contributed by atoms with Gasteiger partial charge in [0.25, 0.3) is 0 Å². The van der Waals surface area contributed by atoms with Gasteiger partial charge < -0.3 is 14.6 Å². The van der Waals surface area contributed by atoms with Crippen LogP contribution in [-0.4, -0.2) is 12.2 Å². The quantitative estimate of drug-likeness (QED) is 0.934. The minimum atomic E-state index is -0.475. The van der Waals surface area contributed by atoms with Gasteiger partial charge in [-0.15, -0.1) is 0 Å². The summed E-state index contributed by atoms with van der Waals surface area (Å²) in [4.78, 5) is 0. The molecule has 0 fully saturated rings. The second kappa shape index (κ2) is 5.88. The summed E-state index contributed by atoms with van der Waals surface area (Å²) in [6, 6.07) is 14.1. The van der Waals surface area contributed by atoms with Crippen LogP contribution in [0.4, 0.5) is 0 Å². The third kappa shape index (κ3) is 2.94. The van der Waals surface area contributed by atoms with E-state index in [0.717, 1.165) is 28.0 Å². The van der Waals surface area contributed by atoms with Crippen LogP contribution < -0.4 is 4.74 Å². The lowest BCUT2D eigenvalue weighted by atomic mass is 9.93. The number of benzene rings is 2. The maximum atomic E-state index is 10.4. The van der Waals surface area contributed by atoms with Crippen LogP contribution in [0.2, 0.25) is 0 Å². The Balaban J connectivity index is 1.83. The molecule has 2 atom stereocenters. The number of fused-ring (bicyclic) bond motifs is 1. The van der Waals surface area contributed by atoms with E-state index < -0.39 is 6.10 Å². The van der Waals surface area contributed by atoms with Crippen LogP contribution in [0.1, 0.15) is 40.9 Å². The van der Waals surface area contributed by atoms with Crippen LogP contribution in [0.5, 0.6) is 5.75 Å². The van der Waals surface area contributed by atoms with Crippen LogP contribution in [0.15, 0.2) is 42.5 Å². The topological polar surface area (TPSA) is 38.7 Å². The lowest BCUT2D eigenvalue weighted by Crippen LogP contribution is -2.19. The van der Waals surface area contributed by atoms with Gasteiger partial charge in [0.15, 0.2) is 0 Å². The third-order valence-electron chi connectivity index (χ3n) is 3.89. The molecular weight excluding hydrogens is 264 g/mol. The lowest BCUT2D eigenvalue weighted by molar-refractivity contribution is 0.0656. The van der Waals surface area contributed by atoms with E-state index in [-0.39, 0.29) is 6.10 Å². The summed E-state index contributed by atoms with van der Waals surface area (Å²) in [6.45, 7) is 2.63. The van der Waals surface area contributed by atoms with Crippen molar-refractivity contribution >= 4 is 0 Å². The Morgan fingerprint density at radius 3 is 2.67 bits per heavy atom. The van der Waals surface area contributed by atoms with Gasteiger partial charge in [-0.2, -0.15) is 0 Å². The maximum absolute atomic E-state index is 10.4. The van der Waals surface area contributed by atoms with Crippen molar-refractivity contribution in [3.05, 3.63) is 64.7 Å². The number of ether oxygens (including phenoxy) is 2. The van der Waals surface area contributed by atoms with E-state index in [1.165, 1.54) is 0 Å². The van der Waals surface area contributed by atoms with E-state index in [0.29, 0.717) is 13.0 Å². The van der Waals surface area contributed by atoms with Crippen molar-refractivity contribution in [1.29, 1.82) is 0 Å². The lowest BCUT2D eigenvalue weighted by Gasteiger charge is -2.30. The molecule has 1 N–H and O–H groups in total. The molecule has 1 aliphatic rings. The van der Waals surface area contributed by atoms with E-state index in [2.05, 4.69) is 0 Å². The molecule has 2 aromatic rings. The van der Waals surface area contributed by atoms with Crippen LogP contribution in [0.25, 0.3) is 0 Å². The molecule has 0 amide bonds. The fraction of sp³-hybridized carbons (Fsp3) is 0.333. The number of rotatable bonds is 3. The Labute approximate surface area is 125 Å². The van der Waals surface area contributed by atoms with E-state index in [1.807, 2.05) is 49.4 Å². The number of aryl methyl sites for hydroxylation is 1. The average Bonchev–Trinajstić information content (AvgIpc) is 2.49. The Kier molecular flexibility index (Phi) is 3.95. The van der Waals surface area contributed by atoms with Crippen LogP contribution in [-0.2, 0) is 11.3 Å². The van der Waals surface area contributed by atoms with Crippen molar-refractivity contribution in [1.82, 2.24) is 0 Å². The number of methoxy groups -OCH3 is 1. The van der Waals surface area contributed by atoms with Crippen molar-refractivity contribution < 1.29 is 14.6 Å². The third-order valence-corrected chi connectivity index (χ3v) is 3.89. The Morgan fingerprint density at radius 2 is 1.95 bits per heavy atom. The van der Waals surface area contributed by atoms with Crippen molar-refractivity contribution in [2.24, 2.45) is 0 Å². The molecule has 0 spiro atoms. The average molecular weight is 284 g/mol. The normalized spacial score (nSPS) is 20.7. The smallest absolute Gasteiger partial charge is 0.127 e. The molecule has 0 bridgehead atoms. The van der Waals surface area contributed by atoms with Gasteiger partial charge in [0.2, 0.25) is 0 Å². The molecule has 3 rings (SSSR count). The summed E-state index contributed by atoms with van der Waals surface area (Å²) in [5, 5.41) is 10.4. The van der Waals surface area contributed by atoms with Gasteiger partial charge in [0.05, 0.1) is 12.7 Å². The molecule has 2 aromatic carbocycles. The van der Waals surface area contributed by atoms with Gasteiger partial charge in [0.1, 0.15) is 11.9 Å². The molecule has 0 aromatic heterocycles. The highest BCUT2D eigenvalue weighted by molar-refractivity contribution is 5.41. The molecule has 3 heteroatoms. The molecule has 21 heavy (non-hydrogen) atoms. The zero-order valence-corrected chi connectivity index (χ0v) is 12.4. The molecule has 0 saturated heterocycles. The predicted molar refractivity (Wildman–Crippen MR) is 81.3 cm³/mol. The summed E-state index contributed by atoms with van der Waals surface area (Å²) in [5.41, 5.74) is 4.25. The highest BCUT2D eigenvalue weighted by Gasteiger charge is 2.27. The fourth-order valence-corrected chi connectivity index (χ4v) is 2.77. The van der Waals surface area contributed by atoms with E-state index in [4.69, 9.17) is 9.47 Å². The first-order valence-corrected chi connectivity index (χ1v) is 7.20. The predicted octanol–water partition coefficient (Wildman–Crippen LogP) is 3.70. The first-order valence-electron chi connectivity index (χ1n) is 7.20. The highest BCUT2D eigenvalue weighted by atomic mass is 16.5. The molecule has 1 heterocycles. The molecule has 0 saturated carbocycles. The van der Waals surface area contributed by atoms with Crippen molar-refractivity contribution in [3.8, 4) is 5.75 Å². The summed E-state index contributed by atoms with van der Waals surface area (Å²) >= 11 is 0. The van der Waals surface area contributed by atoms with Crippen LogP contribution in [0, 0.1) is 6.92 Å². The largest absolute Gasteiger partial charge is 0.485 e. The van der Waals surface area contributed by atoms with Crippen molar-refractivity contribution in [2.75, 3.05) is 7.11 Å². The Morgan fingerprint density at radius 1 is 1.19 bits per heavy atom. The van der Waals surface area contributed by atoms with Gasteiger partial charge >= 0.3 is 0 Å². The fourth-order valence-electron chi connectivity index (χ4n) is 2.77. The zero-order chi connectivity index (χ0) is 14.8. The summed E-state index contributed by atoms with van der Waals surface area (Å²) in [7, 11) is 1.69. The number of hydrogen-bond acceptors (Lipinski definition) is 3. The molecule has 0 aliphatic carbocycles. The number of aliphatic hydroxyl groups excluding tert-OH is 1. The van der Waals surface area contributed by atoms with Gasteiger partial charge in [0, 0.05) is 19.1 Å². The van der Waals surface area contributed by atoms with Gasteiger partial charge in [-0.05, 0) is 30.2 Å². The molecule has 1 unspecified atom stereocenters. The van der Waals surface area contributed by atoms with Gasteiger partial charge in [-0.1, -0.05) is 35.9 Å². The second-order valence-corrected chi connectivity index (χ2v) is 5.57. The summed E-state index contributed by atoms with van der Waals surface area (Å²) < 4.78 is 11.2. The standard InChI is InChI=1S/C18H20O3/c1-12-3-8-17-15(9-12)16(19)10-18(21-17)14-6-4-13(5-7-14)11-20-2/h3-9,16,18-19H,10-11H2,1-2H3/t16-,18?/m0/s1. The van der Waals surface area contributed by atoms with Crippen LogP contribution in [0.3, 0.4) is 0 Å². The van der Waals surface area contributed by atoms with Gasteiger partial charge in [-0.25, -0.2) is 0 Å². The van der Waals surface area contributed by atoms with E-state index >= 15 is 0 Å². The highest BCUT2D eigenvalue weighted by Crippen LogP contribution is 2.41. The van der Waals surface area contributed by atoms with Gasteiger partial charge in [-0.3, -0.25) is 0 Å². The molecular formula is C18H20O3. The van der Waals surface area contributed by atoms with Crippen LogP contribution >= 0.6 is 0 Å². The molecule has 1 aliphatic heterocycles. The maximum Gasteiger partial charge on any atom is 0.127 e. The number of aliphatic hydroxyl groups is 1. The first-order chi connectivity index (χ1) is 10.2. The van der Waals surface area contributed by atoms with E-state index in [9.17, 15) is 5.11 Å². The van der Waals surface area contributed by atoms with Crippen molar-refractivity contribution in [2.45, 2.75) is 32.2 Å². The minimum Gasteiger partial charge on any atom is -0.485 e. The monoisotopic (exact) mass is 284 g/mol. The van der Waals surface area contributed by atoms with Crippen molar-refractivity contribution in [3.63, 3.8) is 0 Å². The molecule has 3 nitrogen and oxygen atoms in total. The Hall–Kier alpha value is -1.84. The minimum absolute atomic E-state index is 0.105. The Bertz CT molecular complexity index is 619. The molecule has 110 valence electrons. The SMILES string of the molecule is COCc1ccc(C2C[C@H](O)c3cc(C)ccc3O2)cc1. The molecule has 0 radical (unpaired) electrons. The first kappa shape index (κ1) is 14.1.